The summed E-state index contributed by atoms with van der Waals surface area (Å²) in [7, 11) is 0. The van der Waals surface area contributed by atoms with Gasteiger partial charge in [0.1, 0.15) is 0 Å². The molecule has 0 fully saturated rings. The third kappa shape index (κ3) is 2.19. The number of rotatable bonds is 2. The van der Waals surface area contributed by atoms with E-state index in [1.54, 1.807) is 0 Å². The van der Waals surface area contributed by atoms with E-state index in [9.17, 15) is 0 Å². The van der Waals surface area contributed by atoms with Gasteiger partial charge in [0.15, 0.2) is 0 Å². The van der Waals surface area contributed by atoms with Crippen molar-refractivity contribution in [3.8, 4) is 0 Å². The molecule has 1 aliphatic heterocycles. The van der Waals surface area contributed by atoms with Gasteiger partial charge in [0.05, 0.1) is 23.8 Å². The Labute approximate surface area is 114 Å². The van der Waals surface area contributed by atoms with E-state index in [0.717, 1.165) is 13.0 Å². The van der Waals surface area contributed by atoms with Crippen LogP contribution < -0.4 is 5.32 Å². The van der Waals surface area contributed by atoms with Crippen molar-refractivity contribution in [3.63, 3.8) is 0 Å². The van der Waals surface area contributed by atoms with E-state index >= 15 is 0 Å². The van der Waals surface area contributed by atoms with E-state index in [4.69, 9.17) is 0 Å². The topological polar surface area (TPSA) is 29.9 Å². The summed E-state index contributed by atoms with van der Waals surface area (Å²) in [5, 5.41) is 3.64. The lowest BCUT2D eigenvalue weighted by Crippen LogP contribution is -2.32. The van der Waals surface area contributed by atoms with E-state index in [0.29, 0.717) is 6.04 Å². The van der Waals surface area contributed by atoms with Crippen LogP contribution in [0.15, 0.2) is 30.6 Å². The number of nitrogens with one attached hydrogen (secondary N) is 1. The number of imidazole rings is 1. The molecule has 1 unspecified atom stereocenters. The quantitative estimate of drug-likeness (QED) is 0.894. The van der Waals surface area contributed by atoms with E-state index in [2.05, 4.69) is 59.9 Å². The predicted octanol–water partition coefficient (Wildman–Crippen LogP) is 3.01. The van der Waals surface area contributed by atoms with Gasteiger partial charge in [-0.1, -0.05) is 29.8 Å². The first-order valence-corrected chi connectivity index (χ1v) is 7.02. The zero-order valence-electron chi connectivity index (χ0n) is 11.9. The zero-order chi connectivity index (χ0) is 13.4. The maximum Gasteiger partial charge on any atom is 0.0954 e. The molecule has 0 spiro atoms. The molecule has 0 amide bonds. The molecule has 1 aromatic carbocycles. The highest BCUT2D eigenvalue weighted by Gasteiger charge is 2.26. The summed E-state index contributed by atoms with van der Waals surface area (Å²) in [5.41, 5.74) is 5.23. The van der Waals surface area contributed by atoms with Gasteiger partial charge >= 0.3 is 0 Å². The minimum absolute atomic E-state index is 0.272. The molecule has 1 aliphatic rings. The fourth-order valence-corrected chi connectivity index (χ4v) is 2.89. The van der Waals surface area contributed by atoms with E-state index in [1.165, 1.54) is 22.5 Å². The summed E-state index contributed by atoms with van der Waals surface area (Å²) >= 11 is 0. The number of hydrogen-bond acceptors (Lipinski definition) is 2. The smallest absolute Gasteiger partial charge is 0.0954 e. The lowest BCUT2D eigenvalue weighted by Gasteiger charge is -2.27. The van der Waals surface area contributed by atoms with Crippen LogP contribution in [0.25, 0.3) is 0 Å². The molecule has 2 heterocycles. The van der Waals surface area contributed by atoms with Gasteiger partial charge < -0.3 is 9.88 Å². The lowest BCUT2D eigenvalue weighted by atomic mass is 9.96. The Balaban J connectivity index is 2.09. The maximum absolute atomic E-state index is 4.60. The van der Waals surface area contributed by atoms with Gasteiger partial charge in [-0.25, -0.2) is 4.98 Å². The second-order valence-electron chi connectivity index (χ2n) is 5.63. The summed E-state index contributed by atoms with van der Waals surface area (Å²) in [4.78, 5) is 4.60. The monoisotopic (exact) mass is 255 g/mol. The highest BCUT2D eigenvalue weighted by Crippen LogP contribution is 2.30. The van der Waals surface area contributed by atoms with Crippen LogP contribution in [0, 0.1) is 6.92 Å². The molecule has 3 nitrogen and oxygen atoms in total. The molecule has 0 bridgehead atoms. The van der Waals surface area contributed by atoms with Gasteiger partial charge in [0.2, 0.25) is 0 Å². The van der Waals surface area contributed by atoms with Crippen LogP contribution in [0.4, 0.5) is 0 Å². The fourth-order valence-electron chi connectivity index (χ4n) is 2.89. The van der Waals surface area contributed by atoms with E-state index < -0.39 is 0 Å². The van der Waals surface area contributed by atoms with Gasteiger partial charge in [0.25, 0.3) is 0 Å². The van der Waals surface area contributed by atoms with Crippen molar-refractivity contribution in [2.24, 2.45) is 0 Å². The molecule has 0 saturated heterocycles. The van der Waals surface area contributed by atoms with Crippen molar-refractivity contribution in [1.29, 1.82) is 0 Å². The summed E-state index contributed by atoms with van der Waals surface area (Å²) in [6, 6.07) is 9.47. The fraction of sp³-hybridized carbons (Fsp3) is 0.438. The average Bonchev–Trinajstić information content (AvgIpc) is 2.82. The van der Waals surface area contributed by atoms with Gasteiger partial charge in [-0.05, 0) is 26.3 Å². The Morgan fingerprint density at radius 3 is 2.95 bits per heavy atom. The lowest BCUT2D eigenvalue weighted by molar-refractivity contribution is 0.491. The maximum atomic E-state index is 4.60. The molecule has 1 aromatic heterocycles. The minimum atomic E-state index is 0.272. The molecule has 0 radical (unpaired) electrons. The van der Waals surface area contributed by atoms with Crippen LogP contribution in [0.2, 0.25) is 0 Å². The third-order valence-corrected chi connectivity index (χ3v) is 3.83. The average molecular weight is 255 g/mol. The first-order chi connectivity index (χ1) is 9.16. The van der Waals surface area contributed by atoms with Crippen molar-refractivity contribution in [2.75, 3.05) is 6.54 Å². The third-order valence-electron chi connectivity index (χ3n) is 3.83. The summed E-state index contributed by atoms with van der Waals surface area (Å²) in [6.45, 7) is 7.57. The Morgan fingerprint density at radius 1 is 1.37 bits per heavy atom. The van der Waals surface area contributed by atoms with Crippen LogP contribution in [0.5, 0.6) is 0 Å². The van der Waals surface area contributed by atoms with Crippen LogP contribution in [0.3, 0.4) is 0 Å². The SMILES string of the molecule is Cc1cccc(C2NCCc3ncn(C(C)C)c32)c1. The van der Waals surface area contributed by atoms with Crippen molar-refractivity contribution < 1.29 is 0 Å². The largest absolute Gasteiger partial charge is 0.330 e. The number of aromatic nitrogens is 2. The molecule has 0 aliphatic carbocycles. The molecule has 3 heteroatoms. The van der Waals surface area contributed by atoms with Crippen LogP contribution in [-0.4, -0.2) is 16.1 Å². The second-order valence-corrected chi connectivity index (χ2v) is 5.63. The van der Waals surface area contributed by atoms with E-state index in [-0.39, 0.29) is 6.04 Å². The van der Waals surface area contributed by atoms with Gasteiger partial charge in [-0.15, -0.1) is 0 Å². The number of fused-ring (bicyclic) bond motifs is 1. The molecule has 3 rings (SSSR count). The first kappa shape index (κ1) is 12.4. The number of benzene rings is 1. The molecule has 100 valence electrons. The molecule has 19 heavy (non-hydrogen) atoms. The number of nitrogens with zero attached hydrogens (tertiary/aromatic N) is 2. The molecule has 1 atom stereocenters. The highest BCUT2D eigenvalue weighted by atomic mass is 15.1. The minimum Gasteiger partial charge on any atom is -0.330 e. The molecule has 0 saturated carbocycles. The number of aryl methyl sites for hydroxylation is 1. The highest BCUT2D eigenvalue weighted by molar-refractivity contribution is 5.35. The van der Waals surface area contributed by atoms with Crippen molar-refractivity contribution in [2.45, 2.75) is 39.3 Å². The van der Waals surface area contributed by atoms with Crippen molar-refractivity contribution >= 4 is 0 Å². The molecular weight excluding hydrogens is 234 g/mol. The Kier molecular flexibility index (Phi) is 3.15. The molecular formula is C16H21N3. The van der Waals surface area contributed by atoms with Gasteiger partial charge in [-0.2, -0.15) is 0 Å². The van der Waals surface area contributed by atoms with Crippen molar-refractivity contribution in [1.82, 2.24) is 14.9 Å². The predicted molar refractivity (Wildman–Crippen MR) is 77.3 cm³/mol. The normalized spacial score (nSPS) is 18.6. The number of hydrogen-bond donors (Lipinski definition) is 1. The zero-order valence-corrected chi connectivity index (χ0v) is 11.9. The molecule has 1 N–H and O–H groups in total. The Hall–Kier alpha value is -1.61. The second kappa shape index (κ2) is 4.82. The van der Waals surface area contributed by atoms with E-state index in [1.807, 2.05) is 6.33 Å². The van der Waals surface area contributed by atoms with Crippen LogP contribution in [0.1, 0.15) is 48.4 Å². The summed E-state index contributed by atoms with van der Waals surface area (Å²) in [5.74, 6) is 0. The summed E-state index contributed by atoms with van der Waals surface area (Å²) in [6.07, 6.45) is 3.02. The summed E-state index contributed by atoms with van der Waals surface area (Å²) < 4.78 is 2.30. The van der Waals surface area contributed by atoms with Gasteiger partial charge in [0, 0.05) is 19.0 Å². The van der Waals surface area contributed by atoms with Crippen LogP contribution in [-0.2, 0) is 6.42 Å². The van der Waals surface area contributed by atoms with Gasteiger partial charge in [-0.3, -0.25) is 0 Å². The van der Waals surface area contributed by atoms with Crippen LogP contribution >= 0.6 is 0 Å². The standard InChI is InChI=1S/C16H21N3/c1-11(2)19-10-18-14-7-8-17-15(16(14)19)13-6-4-5-12(3)9-13/h4-6,9-11,15,17H,7-8H2,1-3H3. The van der Waals surface area contributed by atoms with Crippen molar-refractivity contribution in [3.05, 3.63) is 53.1 Å². The Morgan fingerprint density at radius 2 is 2.21 bits per heavy atom. The molecule has 2 aromatic rings. The first-order valence-electron chi connectivity index (χ1n) is 7.02. The Bertz CT molecular complexity index is 583.